The third-order valence-corrected chi connectivity index (χ3v) is 3.37. The highest BCUT2D eigenvalue weighted by molar-refractivity contribution is 5.36. The zero-order valence-corrected chi connectivity index (χ0v) is 12.5. The van der Waals surface area contributed by atoms with Gasteiger partial charge in [0.15, 0.2) is 0 Å². The van der Waals surface area contributed by atoms with Crippen LogP contribution in [-0.2, 0) is 6.61 Å². The van der Waals surface area contributed by atoms with Crippen LogP contribution in [0.3, 0.4) is 0 Å². The Hall–Kier alpha value is -1.80. The molecule has 2 aromatic carbocycles. The molecule has 1 atom stereocenters. The lowest BCUT2D eigenvalue weighted by atomic mass is 10.1. The molecule has 0 aliphatic heterocycles. The van der Waals surface area contributed by atoms with Gasteiger partial charge in [0.2, 0.25) is 0 Å². The Morgan fingerprint density at radius 1 is 1.10 bits per heavy atom. The average Bonchev–Trinajstić information content (AvgIpc) is 2.46. The van der Waals surface area contributed by atoms with Crippen LogP contribution in [0.15, 0.2) is 48.5 Å². The zero-order chi connectivity index (χ0) is 14.4. The minimum Gasteiger partial charge on any atom is -0.489 e. The van der Waals surface area contributed by atoms with E-state index in [1.54, 1.807) is 0 Å². The van der Waals surface area contributed by atoms with Gasteiger partial charge in [-0.25, -0.2) is 0 Å². The topological polar surface area (TPSA) is 21.3 Å². The van der Waals surface area contributed by atoms with Crippen LogP contribution in [0.4, 0.5) is 0 Å². The molecule has 20 heavy (non-hydrogen) atoms. The van der Waals surface area contributed by atoms with Gasteiger partial charge in [-0.05, 0) is 32.0 Å². The van der Waals surface area contributed by atoms with Gasteiger partial charge in [0.1, 0.15) is 12.4 Å². The molecule has 0 fully saturated rings. The molecule has 1 N–H and O–H groups in total. The fourth-order valence-corrected chi connectivity index (χ4v) is 2.35. The summed E-state index contributed by atoms with van der Waals surface area (Å²) in [6.07, 6.45) is 0. The first-order valence-electron chi connectivity index (χ1n) is 7.21. The second kappa shape index (κ2) is 7.11. The molecule has 0 heterocycles. The van der Waals surface area contributed by atoms with Crippen molar-refractivity contribution < 1.29 is 4.74 Å². The minimum atomic E-state index is 0.300. The van der Waals surface area contributed by atoms with Crippen molar-refractivity contribution in [3.63, 3.8) is 0 Å². The number of benzene rings is 2. The van der Waals surface area contributed by atoms with Crippen LogP contribution in [0, 0.1) is 6.92 Å². The van der Waals surface area contributed by atoms with Crippen molar-refractivity contribution in [1.82, 2.24) is 5.32 Å². The fraction of sp³-hybridized carbons (Fsp3) is 0.333. The number of para-hydroxylation sites is 1. The standard InChI is InChI=1S/C18H23NO/c1-4-19-15(3)17-10-5-6-11-18(17)20-13-16-9-7-8-14(2)12-16/h5-12,15,19H,4,13H2,1-3H3. The van der Waals surface area contributed by atoms with E-state index < -0.39 is 0 Å². The van der Waals surface area contributed by atoms with E-state index in [-0.39, 0.29) is 0 Å². The lowest BCUT2D eigenvalue weighted by Crippen LogP contribution is -2.18. The molecular formula is C18H23NO. The summed E-state index contributed by atoms with van der Waals surface area (Å²) in [7, 11) is 0. The van der Waals surface area contributed by atoms with Crippen molar-refractivity contribution in [3.8, 4) is 5.75 Å². The van der Waals surface area contributed by atoms with E-state index in [2.05, 4.69) is 62.5 Å². The van der Waals surface area contributed by atoms with Gasteiger partial charge in [0.05, 0.1) is 0 Å². The Morgan fingerprint density at radius 2 is 1.90 bits per heavy atom. The van der Waals surface area contributed by atoms with Crippen molar-refractivity contribution in [1.29, 1.82) is 0 Å². The SMILES string of the molecule is CCNC(C)c1ccccc1OCc1cccc(C)c1. The summed E-state index contributed by atoms with van der Waals surface area (Å²) in [5.41, 5.74) is 3.68. The molecule has 0 bridgehead atoms. The van der Waals surface area contributed by atoms with E-state index in [0.717, 1.165) is 12.3 Å². The predicted octanol–water partition coefficient (Wildman–Crippen LogP) is 4.24. The van der Waals surface area contributed by atoms with Gasteiger partial charge < -0.3 is 10.1 Å². The summed E-state index contributed by atoms with van der Waals surface area (Å²) in [5.74, 6) is 0.961. The molecule has 0 saturated carbocycles. The molecule has 0 aliphatic carbocycles. The summed E-state index contributed by atoms with van der Waals surface area (Å²) in [4.78, 5) is 0. The molecule has 0 aromatic heterocycles. The molecule has 2 aromatic rings. The first kappa shape index (κ1) is 14.6. The highest BCUT2D eigenvalue weighted by atomic mass is 16.5. The van der Waals surface area contributed by atoms with Crippen LogP contribution in [0.25, 0.3) is 0 Å². The normalized spacial score (nSPS) is 12.2. The van der Waals surface area contributed by atoms with E-state index in [0.29, 0.717) is 12.6 Å². The predicted molar refractivity (Wildman–Crippen MR) is 84.0 cm³/mol. The second-order valence-corrected chi connectivity index (χ2v) is 5.09. The molecule has 0 aliphatic rings. The molecule has 2 rings (SSSR count). The van der Waals surface area contributed by atoms with E-state index in [9.17, 15) is 0 Å². The van der Waals surface area contributed by atoms with Crippen molar-refractivity contribution in [3.05, 3.63) is 65.2 Å². The van der Waals surface area contributed by atoms with Crippen molar-refractivity contribution >= 4 is 0 Å². The molecule has 0 spiro atoms. The molecule has 2 heteroatoms. The van der Waals surface area contributed by atoms with E-state index in [4.69, 9.17) is 4.74 Å². The Balaban J connectivity index is 2.09. The Kier molecular flexibility index (Phi) is 5.19. The summed E-state index contributed by atoms with van der Waals surface area (Å²) in [6, 6.07) is 17.0. The van der Waals surface area contributed by atoms with Crippen LogP contribution < -0.4 is 10.1 Å². The third kappa shape index (κ3) is 3.84. The third-order valence-electron chi connectivity index (χ3n) is 3.37. The second-order valence-electron chi connectivity index (χ2n) is 5.09. The summed E-state index contributed by atoms with van der Waals surface area (Å²) in [5, 5.41) is 3.43. The summed E-state index contributed by atoms with van der Waals surface area (Å²) >= 11 is 0. The van der Waals surface area contributed by atoms with E-state index in [1.807, 2.05) is 12.1 Å². The molecule has 0 amide bonds. The Morgan fingerprint density at radius 3 is 2.65 bits per heavy atom. The zero-order valence-electron chi connectivity index (χ0n) is 12.5. The highest BCUT2D eigenvalue weighted by Crippen LogP contribution is 2.25. The van der Waals surface area contributed by atoms with Gasteiger partial charge in [-0.15, -0.1) is 0 Å². The summed E-state index contributed by atoms with van der Waals surface area (Å²) < 4.78 is 6.01. The quantitative estimate of drug-likeness (QED) is 0.846. The largest absolute Gasteiger partial charge is 0.489 e. The highest BCUT2D eigenvalue weighted by Gasteiger charge is 2.10. The van der Waals surface area contributed by atoms with Crippen LogP contribution in [-0.4, -0.2) is 6.54 Å². The molecule has 0 radical (unpaired) electrons. The number of rotatable bonds is 6. The van der Waals surface area contributed by atoms with Crippen LogP contribution in [0.5, 0.6) is 5.75 Å². The number of aryl methyl sites for hydroxylation is 1. The number of hydrogen-bond acceptors (Lipinski definition) is 2. The number of ether oxygens (including phenoxy) is 1. The Bertz CT molecular complexity index is 551. The van der Waals surface area contributed by atoms with Crippen LogP contribution in [0.2, 0.25) is 0 Å². The maximum atomic E-state index is 6.01. The maximum absolute atomic E-state index is 6.01. The molecule has 0 saturated heterocycles. The average molecular weight is 269 g/mol. The van der Waals surface area contributed by atoms with Gasteiger partial charge in [0.25, 0.3) is 0 Å². The molecule has 106 valence electrons. The van der Waals surface area contributed by atoms with Gasteiger partial charge in [-0.2, -0.15) is 0 Å². The molecule has 1 unspecified atom stereocenters. The maximum Gasteiger partial charge on any atom is 0.124 e. The van der Waals surface area contributed by atoms with Crippen molar-refractivity contribution in [2.45, 2.75) is 33.4 Å². The first-order valence-corrected chi connectivity index (χ1v) is 7.21. The van der Waals surface area contributed by atoms with Gasteiger partial charge >= 0.3 is 0 Å². The van der Waals surface area contributed by atoms with Gasteiger partial charge in [0, 0.05) is 11.6 Å². The lowest BCUT2D eigenvalue weighted by molar-refractivity contribution is 0.300. The minimum absolute atomic E-state index is 0.300. The smallest absolute Gasteiger partial charge is 0.124 e. The lowest BCUT2D eigenvalue weighted by Gasteiger charge is -2.17. The van der Waals surface area contributed by atoms with E-state index in [1.165, 1.54) is 16.7 Å². The first-order chi connectivity index (χ1) is 9.70. The van der Waals surface area contributed by atoms with Crippen LogP contribution in [0.1, 0.15) is 36.6 Å². The summed E-state index contributed by atoms with van der Waals surface area (Å²) in [6.45, 7) is 7.95. The van der Waals surface area contributed by atoms with Crippen LogP contribution >= 0.6 is 0 Å². The van der Waals surface area contributed by atoms with Crippen molar-refractivity contribution in [2.75, 3.05) is 6.54 Å². The van der Waals surface area contributed by atoms with E-state index >= 15 is 0 Å². The molecular weight excluding hydrogens is 246 g/mol. The Labute approximate surface area is 121 Å². The van der Waals surface area contributed by atoms with Gasteiger partial charge in [-0.1, -0.05) is 55.0 Å². The monoisotopic (exact) mass is 269 g/mol. The number of hydrogen-bond donors (Lipinski definition) is 1. The van der Waals surface area contributed by atoms with Crippen molar-refractivity contribution in [2.24, 2.45) is 0 Å². The number of nitrogens with one attached hydrogen (secondary N) is 1. The van der Waals surface area contributed by atoms with Gasteiger partial charge in [-0.3, -0.25) is 0 Å². The fourth-order valence-electron chi connectivity index (χ4n) is 2.35. The molecule has 2 nitrogen and oxygen atoms in total.